The molecule has 1 aromatic carbocycles. The molecule has 0 saturated carbocycles. The van der Waals surface area contributed by atoms with Gasteiger partial charge in [0.25, 0.3) is 0 Å². The van der Waals surface area contributed by atoms with Crippen LogP contribution < -0.4 is 10.6 Å². The molecule has 2 rings (SSSR count). The average molecular weight is 305 g/mol. The van der Waals surface area contributed by atoms with Gasteiger partial charge in [0.2, 0.25) is 5.91 Å². The lowest BCUT2D eigenvalue weighted by Gasteiger charge is -2.24. The second-order valence-corrected chi connectivity index (χ2v) is 5.28. The molecule has 1 atom stereocenters. The normalized spacial score (nSPS) is 17.3. The van der Waals surface area contributed by atoms with Crippen molar-refractivity contribution in [1.29, 1.82) is 0 Å². The molecule has 0 aliphatic carbocycles. The maximum absolute atomic E-state index is 12.3. The summed E-state index contributed by atoms with van der Waals surface area (Å²) in [6, 6.07) is 9.16. The van der Waals surface area contributed by atoms with Crippen molar-refractivity contribution < 1.29 is 14.3 Å². The summed E-state index contributed by atoms with van der Waals surface area (Å²) in [7, 11) is 1.59. The second-order valence-electron chi connectivity index (χ2n) is 5.28. The number of likely N-dealkylation sites (tertiary alicyclic amines) is 1. The van der Waals surface area contributed by atoms with E-state index in [-0.39, 0.29) is 18.0 Å². The van der Waals surface area contributed by atoms with Crippen LogP contribution in [0.4, 0.5) is 4.79 Å². The highest BCUT2D eigenvalue weighted by Crippen LogP contribution is 2.17. The number of methoxy groups -OCH3 is 1. The van der Waals surface area contributed by atoms with E-state index in [0.29, 0.717) is 32.7 Å². The Balaban J connectivity index is 1.84. The van der Waals surface area contributed by atoms with E-state index in [1.807, 2.05) is 30.3 Å². The van der Waals surface area contributed by atoms with Crippen LogP contribution in [0.25, 0.3) is 0 Å². The molecule has 0 unspecified atom stereocenters. The number of ether oxygens (including phenoxy) is 1. The summed E-state index contributed by atoms with van der Waals surface area (Å²) in [5.74, 6) is -0.0942. The zero-order valence-corrected chi connectivity index (χ0v) is 12.9. The monoisotopic (exact) mass is 305 g/mol. The quantitative estimate of drug-likeness (QED) is 0.774. The third kappa shape index (κ3) is 4.46. The van der Waals surface area contributed by atoms with Gasteiger partial charge in [-0.3, -0.25) is 4.79 Å². The predicted octanol–water partition coefficient (Wildman–Crippen LogP) is 1.12. The van der Waals surface area contributed by atoms with Crippen LogP contribution in [0, 0.1) is 0 Å². The molecule has 120 valence electrons. The molecule has 1 aliphatic heterocycles. The third-order valence-electron chi connectivity index (χ3n) is 3.71. The molecular weight excluding hydrogens is 282 g/mol. The molecule has 0 aromatic heterocycles. The third-order valence-corrected chi connectivity index (χ3v) is 3.71. The van der Waals surface area contributed by atoms with Gasteiger partial charge in [-0.1, -0.05) is 30.3 Å². The van der Waals surface area contributed by atoms with Crippen molar-refractivity contribution in [3.63, 3.8) is 0 Å². The largest absolute Gasteiger partial charge is 0.383 e. The van der Waals surface area contributed by atoms with Gasteiger partial charge in [-0.25, -0.2) is 4.79 Å². The zero-order valence-electron chi connectivity index (χ0n) is 12.9. The molecule has 6 heteroatoms. The van der Waals surface area contributed by atoms with Crippen LogP contribution in [0.15, 0.2) is 30.3 Å². The van der Waals surface area contributed by atoms with E-state index >= 15 is 0 Å². The maximum atomic E-state index is 12.3. The van der Waals surface area contributed by atoms with Crippen LogP contribution in [0.1, 0.15) is 18.4 Å². The van der Waals surface area contributed by atoms with Crippen LogP contribution in [0.5, 0.6) is 0 Å². The Morgan fingerprint density at radius 2 is 2.05 bits per heavy atom. The summed E-state index contributed by atoms with van der Waals surface area (Å²) in [6.07, 6.45) is 1.56. The molecule has 0 bridgehead atoms. The van der Waals surface area contributed by atoms with E-state index in [2.05, 4.69) is 10.6 Å². The van der Waals surface area contributed by atoms with Crippen molar-refractivity contribution in [1.82, 2.24) is 15.5 Å². The number of carbonyl (C=O) groups is 2. The van der Waals surface area contributed by atoms with Gasteiger partial charge >= 0.3 is 6.03 Å². The average Bonchev–Trinajstić information content (AvgIpc) is 3.03. The summed E-state index contributed by atoms with van der Waals surface area (Å²) >= 11 is 0. The first-order chi connectivity index (χ1) is 10.7. The Labute approximate surface area is 130 Å². The van der Waals surface area contributed by atoms with Crippen molar-refractivity contribution in [2.75, 3.05) is 26.8 Å². The highest BCUT2D eigenvalue weighted by molar-refractivity contribution is 5.87. The van der Waals surface area contributed by atoms with Crippen LogP contribution >= 0.6 is 0 Å². The highest BCUT2D eigenvalue weighted by Gasteiger charge is 2.33. The molecule has 6 nitrogen and oxygen atoms in total. The van der Waals surface area contributed by atoms with Crippen LogP contribution in [0.2, 0.25) is 0 Å². The molecule has 1 aromatic rings. The molecule has 22 heavy (non-hydrogen) atoms. The Morgan fingerprint density at radius 1 is 1.27 bits per heavy atom. The Bertz CT molecular complexity index is 493. The van der Waals surface area contributed by atoms with Crippen molar-refractivity contribution in [3.05, 3.63) is 35.9 Å². The fraction of sp³-hybridized carbons (Fsp3) is 0.500. The van der Waals surface area contributed by atoms with Gasteiger partial charge in [0, 0.05) is 26.7 Å². The summed E-state index contributed by atoms with van der Waals surface area (Å²) in [6.45, 7) is 2.01. The molecule has 1 heterocycles. The predicted molar refractivity (Wildman–Crippen MR) is 83.3 cm³/mol. The van der Waals surface area contributed by atoms with Gasteiger partial charge in [0.05, 0.1) is 6.61 Å². The van der Waals surface area contributed by atoms with Gasteiger partial charge in [-0.2, -0.15) is 0 Å². The molecule has 1 saturated heterocycles. The number of benzene rings is 1. The molecule has 3 amide bonds. The standard InChI is InChI=1S/C16H23N3O3/c1-22-11-9-17-16(21)19-10-5-8-14(19)15(20)18-12-13-6-3-2-4-7-13/h2-4,6-7,14H,5,8-12H2,1H3,(H,17,21)(H,18,20)/t14-/m1/s1. The number of hydrogen-bond acceptors (Lipinski definition) is 3. The minimum atomic E-state index is -0.383. The van der Waals surface area contributed by atoms with Crippen molar-refractivity contribution >= 4 is 11.9 Å². The first-order valence-electron chi connectivity index (χ1n) is 7.57. The molecule has 2 N–H and O–H groups in total. The minimum absolute atomic E-state index is 0.0942. The highest BCUT2D eigenvalue weighted by atomic mass is 16.5. The Morgan fingerprint density at radius 3 is 2.77 bits per heavy atom. The van der Waals surface area contributed by atoms with Crippen molar-refractivity contribution in [2.24, 2.45) is 0 Å². The Kier molecular flexibility index (Phi) is 6.21. The van der Waals surface area contributed by atoms with E-state index in [1.54, 1.807) is 12.0 Å². The first kappa shape index (κ1) is 16.3. The number of rotatable bonds is 6. The molecule has 1 aliphatic rings. The molecule has 0 spiro atoms. The van der Waals surface area contributed by atoms with E-state index in [1.165, 1.54) is 0 Å². The smallest absolute Gasteiger partial charge is 0.318 e. The number of amides is 3. The van der Waals surface area contributed by atoms with Crippen molar-refractivity contribution in [3.8, 4) is 0 Å². The fourth-order valence-electron chi connectivity index (χ4n) is 2.55. The van der Waals surface area contributed by atoms with E-state index in [9.17, 15) is 9.59 Å². The van der Waals surface area contributed by atoms with Crippen LogP contribution in [0.3, 0.4) is 0 Å². The number of nitrogens with zero attached hydrogens (tertiary/aromatic N) is 1. The SMILES string of the molecule is COCCNC(=O)N1CCC[C@@H]1C(=O)NCc1ccccc1. The molecule has 1 fully saturated rings. The lowest BCUT2D eigenvalue weighted by molar-refractivity contribution is -0.124. The van der Waals surface area contributed by atoms with Crippen LogP contribution in [-0.2, 0) is 16.1 Å². The topological polar surface area (TPSA) is 70.7 Å². The second kappa shape index (κ2) is 8.38. The lowest BCUT2D eigenvalue weighted by atomic mass is 10.2. The lowest BCUT2D eigenvalue weighted by Crippen LogP contribution is -2.49. The van der Waals surface area contributed by atoms with E-state index in [4.69, 9.17) is 4.74 Å². The minimum Gasteiger partial charge on any atom is -0.383 e. The summed E-state index contributed by atoms with van der Waals surface area (Å²) in [5.41, 5.74) is 1.05. The number of nitrogens with one attached hydrogen (secondary N) is 2. The van der Waals surface area contributed by atoms with Crippen LogP contribution in [-0.4, -0.2) is 49.7 Å². The summed E-state index contributed by atoms with van der Waals surface area (Å²) in [4.78, 5) is 26.0. The van der Waals surface area contributed by atoms with E-state index < -0.39 is 0 Å². The van der Waals surface area contributed by atoms with Gasteiger partial charge in [0.15, 0.2) is 0 Å². The molecular formula is C16H23N3O3. The van der Waals surface area contributed by atoms with Gasteiger partial charge in [0.1, 0.15) is 6.04 Å². The maximum Gasteiger partial charge on any atom is 0.318 e. The first-order valence-corrected chi connectivity index (χ1v) is 7.57. The van der Waals surface area contributed by atoms with Gasteiger partial charge < -0.3 is 20.3 Å². The number of hydrogen-bond donors (Lipinski definition) is 2. The van der Waals surface area contributed by atoms with Crippen molar-refractivity contribution in [2.45, 2.75) is 25.4 Å². The zero-order chi connectivity index (χ0) is 15.8. The molecule has 0 radical (unpaired) electrons. The summed E-state index contributed by atoms with van der Waals surface area (Å²) < 4.78 is 4.90. The van der Waals surface area contributed by atoms with E-state index in [0.717, 1.165) is 12.0 Å². The number of urea groups is 1. The Hall–Kier alpha value is -2.08. The summed E-state index contributed by atoms with van der Waals surface area (Å²) in [5, 5.41) is 5.67. The number of carbonyl (C=O) groups excluding carboxylic acids is 2. The van der Waals surface area contributed by atoms with Gasteiger partial charge in [-0.05, 0) is 18.4 Å². The van der Waals surface area contributed by atoms with Gasteiger partial charge in [-0.15, -0.1) is 0 Å². The fourth-order valence-corrected chi connectivity index (χ4v) is 2.55.